The van der Waals surface area contributed by atoms with Gasteiger partial charge < -0.3 is 14.8 Å². The smallest absolute Gasteiger partial charge is 0.255 e. The number of carbonyl (C=O) groups excluding carboxylic acids is 1. The fourth-order valence-corrected chi connectivity index (χ4v) is 3.90. The molecule has 2 aromatic rings. The summed E-state index contributed by atoms with van der Waals surface area (Å²) in [4.78, 5) is 20.7. The lowest BCUT2D eigenvalue weighted by Crippen LogP contribution is -2.44. The van der Waals surface area contributed by atoms with Crippen LogP contribution < -0.4 is 0 Å². The summed E-state index contributed by atoms with van der Waals surface area (Å²) < 4.78 is 0. The molecule has 4 heteroatoms. The number of aromatic amines is 1. The second-order valence-electron chi connectivity index (χ2n) is 7.85. The molecule has 1 atom stereocenters. The molecule has 0 spiro atoms. The van der Waals surface area contributed by atoms with Crippen LogP contribution in [-0.4, -0.2) is 53.4 Å². The molecule has 130 valence electrons. The van der Waals surface area contributed by atoms with E-state index in [1.165, 1.54) is 5.56 Å². The van der Waals surface area contributed by atoms with E-state index in [2.05, 4.69) is 50.7 Å². The molecule has 4 nitrogen and oxygen atoms in total. The highest BCUT2D eigenvalue weighted by molar-refractivity contribution is 6.06. The Morgan fingerprint density at radius 1 is 1.38 bits per heavy atom. The third-order valence-corrected chi connectivity index (χ3v) is 6.21. The number of likely N-dealkylation sites (tertiary alicyclic amines) is 1. The molecule has 1 aromatic carbocycles. The maximum atomic E-state index is 13.1. The van der Waals surface area contributed by atoms with E-state index in [1.54, 1.807) is 0 Å². The van der Waals surface area contributed by atoms with Gasteiger partial charge in [0.15, 0.2) is 0 Å². The number of benzene rings is 1. The minimum Gasteiger partial charge on any atom is -0.358 e. The maximum absolute atomic E-state index is 13.1. The van der Waals surface area contributed by atoms with Gasteiger partial charge in [-0.25, -0.2) is 0 Å². The molecule has 1 fully saturated rings. The van der Waals surface area contributed by atoms with Crippen LogP contribution in [0.1, 0.15) is 41.9 Å². The molecule has 1 N–H and O–H groups in total. The predicted octanol–water partition coefficient (Wildman–Crippen LogP) is 3.59. The summed E-state index contributed by atoms with van der Waals surface area (Å²) in [6, 6.07) is 6.00. The molecule has 1 aliphatic heterocycles. The van der Waals surface area contributed by atoms with Gasteiger partial charge >= 0.3 is 0 Å². The second kappa shape index (κ2) is 5.92. The highest BCUT2D eigenvalue weighted by atomic mass is 16.2. The quantitative estimate of drug-likeness (QED) is 0.936. The van der Waals surface area contributed by atoms with Crippen LogP contribution in [-0.2, 0) is 0 Å². The lowest BCUT2D eigenvalue weighted by atomic mass is 9.88. The number of fused-ring (bicyclic) bond motifs is 1. The Bertz CT molecular complexity index is 775. The minimum atomic E-state index is 0.104. The van der Waals surface area contributed by atoms with Crippen molar-refractivity contribution in [3.63, 3.8) is 0 Å². The number of nitrogens with one attached hydrogen (secondary N) is 1. The van der Waals surface area contributed by atoms with Crippen molar-refractivity contribution < 1.29 is 4.79 Å². The fraction of sp³-hybridized carbons (Fsp3) is 0.550. The monoisotopic (exact) mass is 327 g/mol. The van der Waals surface area contributed by atoms with Gasteiger partial charge in [-0.3, -0.25) is 4.79 Å². The first kappa shape index (κ1) is 17.0. The topological polar surface area (TPSA) is 39.3 Å². The van der Waals surface area contributed by atoms with Crippen LogP contribution in [0, 0.1) is 19.8 Å². The molecule has 2 heterocycles. The average molecular weight is 327 g/mol. The highest BCUT2D eigenvalue weighted by Gasteiger charge is 2.39. The third-order valence-electron chi connectivity index (χ3n) is 6.21. The zero-order chi connectivity index (χ0) is 17.6. The van der Waals surface area contributed by atoms with Crippen molar-refractivity contribution in [2.24, 2.45) is 5.92 Å². The number of hydrogen-bond donors (Lipinski definition) is 1. The SMILES string of the molecule is Cc1[nH]c2c(C(=O)N(C)C[C@@H]3CCN(C)C3(C)C)cccc2c1C. The van der Waals surface area contributed by atoms with Gasteiger partial charge in [-0.15, -0.1) is 0 Å². The van der Waals surface area contributed by atoms with Crippen molar-refractivity contribution in [3.8, 4) is 0 Å². The van der Waals surface area contributed by atoms with Crippen LogP contribution in [0.15, 0.2) is 18.2 Å². The van der Waals surface area contributed by atoms with Crippen molar-refractivity contribution in [1.29, 1.82) is 0 Å². The van der Waals surface area contributed by atoms with Gasteiger partial charge in [0.2, 0.25) is 0 Å². The van der Waals surface area contributed by atoms with Crippen molar-refractivity contribution in [2.75, 3.05) is 27.2 Å². The second-order valence-corrected chi connectivity index (χ2v) is 7.85. The van der Waals surface area contributed by atoms with E-state index in [-0.39, 0.29) is 11.4 Å². The lowest BCUT2D eigenvalue weighted by molar-refractivity contribution is 0.0730. The van der Waals surface area contributed by atoms with Crippen LogP contribution in [0.2, 0.25) is 0 Å². The van der Waals surface area contributed by atoms with E-state index in [0.29, 0.717) is 5.92 Å². The van der Waals surface area contributed by atoms with Crippen molar-refractivity contribution in [2.45, 2.75) is 39.7 Å². The average Bonchev–Trinajstić information content (AvgIpc) is 2.97. The number of nitrogens with zero attached hydrogens (tertiary/aromatic N) is 2. The normalized spacial score (nSPS) is 20.7. The Labute approximate surface area is 144 Å². The van der Waals surface area contributed by atoms with Crippen LogP contribution in [0.5, 0.6) is 0 Å². The van der Waals surface area contributed by atoms with Gasteiger partial charge in [0.1, 0.15) is 0 Å². The van der Waals surface area contributed by atoms with Gasteiger partial charge in [0, 0.05) is 30.2 Å². The molecular formula is C20H29N3O. The van der Waals surface area contributed by atoms with E-state index in [4.69, 9.17) is 0 Å². The van der Waals surface area contributed by atoms with E-state index in [1.807, 2.05) is 24.1 Å². The van der Waals surface area contributed by atoms with E-state index < -0.39 is 0 Å². The van der Waals surface area contributed by atoms with Crippen LogP contribution in [0.3, 0.4) is 0 Å². The number of rotatable bonds is 3. The largest absolute Gasteiger partial charge is 0.358 e. The Hall–Kier alpha value is -1.81. The number of carbonyl (C=O) groups is 1. The molecule has 1 aromatic heterocycles. The van der Waals surface area contributed by atoms with Gasteiger partial charge in [-0.05, 0) is 65.3 Å². The molecule has 0 saturated carbocycles. The van der Waals surface area contributed by atoms with Crippen LogP contribution in [0.4, 0.5) is 0 Å². The Morgan fingerprint density at radius 3 is 2.71 bits per heavy atom. The highest BCUT2D eigenvalue weighted by Crippen LogP contribution is 2.34. The summed E-state index contributed by atoms with van der Waals surface area (Å²) in [5.74, 6) is 0.606. The molecule has 1 aliphatic rings. The van der Waals surface area contributed by atoms with E-state index in [9.17, 15) is 4.79 Å². The summed E-state index contributed by atoms with van der Waals surface area (Å²) in [5.41, 5.74) is 4.23. The minimum absolute atomic E-state index is 0.104. The standard InChI is InChI=1S/C20H29N3O/c1-13-14(2)21-18-16(13)8-7-9-17(18)19(24)22(5)12-15-10-11-23(6)20(15,3)4/h7-9,15,21H,10-12H2,1-6H3/t15-/m0/s1. The number of hydrogen-bond acceptors (Lipinski definition) is 2. The number of para-hydroxylation sites is 1. The maximum Gasteiger partial charge on any atom is 0.255 e. The van der Waals surface area contributed by atoms with E-state index in [0.717, 1.165) is 41.7 Å². The third kappa shape index (κ3) is 2.63. The first-order valence-electron chi connectivity index (χ1n) is 8.78. The predicted molar refractivity (Wildman–Crippen MR) is 99.5 cm³/mol. The summed E-state index contributed by atoms with van der Waals surface area (Å²) in [5, 5.41) is 1.15. The molecule has 1 amide bonds. The van der Waals surface area contributed by atoms with E-state index >= 15 is 0 Å². The molecule has 24 heavy (non-hydrogen) atoms. The number of H-pyrrole nitrogens is 1. The van der Waals surface area contributed by atoms with Crippen molar-refractivity contribution >= 4 is 16.8 Å². The first-order valence-corrected chi connectivity index (χ1v) is 8.78. The zero-order valence-electron chi connectivity index (χ0n) is 15.7. The number of aryl methyl sites for hydroxylation is 2. The molecule has 0 bridgehead atoms. The van der Waals surface area contributed by atoms with Crippen LogP contribution >= 0.6 is 0 Å². The van der Waals surface area contributed by atoms with Gasteiger partial charge in [0.05, 0.1) is 11.1 Å². The molecule has 0 aliphatic carbocycles. The first-order chi connectivity index (χ1) is 11.2. The van der Waals surface area contributed by atoms with Gasteiger partial charge in [0.25, 0.3) is 5.91 Å². The molecule has 0 unspecified atom stereocenters. The number of aromatic nitrogens is 1. The fourth-order valence-electron chi connectivity index (χ4n) is 3.90. The zero-order valence-corrected chi connectivity index (χ0v) is 15.7. The Balaban J connectivity index is 1.86. The Morgan fingerprint density at radius 2 is 2.08 bits per heavy atom. The van der Waals surface area contributed by atoms with Gasteiger partial charge in [-0.2, -0.15) is 0 Å². The summed E-state index contributed by atoms with van der Waals surface area (Å²) >= 11 is 0. The molecule has 3 rings (SSSR count). The van der Waals surface area contributed by atoms with Crippen LogP contribution in [0.25, 0.3) is 10.9 Å². The molecule has 0 radical (unpaired) electrons. The Kier molecular flexibility index (Phi) is 4.20. The summed E-state index contributed by atoms with van der Waals surface area (Å²) in [7, 11) is 4.10. The van der Waals surface area contributed by atoms with Crippen molar-refractivity contribution in [1.82, 2.24) is 14.8 Å². The number of amides is 1. The van der Waals surface area contributed by atoms with Gasteiger partial charge in [-0.1, -0.05) is 12.1 Å². The molecular weight excluding hydrogens is 298 g/mol. The summed E-state index contributed by atoms with van der Waals surface area (Å²) in [6.45, 7) is 10.6. The summed E-state index contributed by atoms with van der Waals surface area (Å²) in [6.07, 6.45) is 1.14. The van der Waals surface area contributed by atoms with Crippen molar-refractivity contribution in [3.05, 3.63) is 35.0 Å². The lowest BCUT2D eigenvalue weighted by Gasteiger charge is -2.35. The molecule has 1 saturated heterocycles.